The third kappa shape index (κ3) is 2.29. The van der Waals surface area contributed by atoms with E-state index in [2.05, 4.69) is 15.9 Å². The van der Waals surface area contributed by atoms with E-state index in [-0.39, 0.29) is 5.78 Å². The number of ketones is 1. The second-order valence-electron chi connectivity index (χ2n) is 2.88. The van der Waals surface area contributed by atoms with Crippen molar-refractivity contribution >= 4 is 27.4 Å². The average Bonchev–Trinajstić information content (AvgIpc) is 2.03. The van der Waals surface area contributed by atoms with Crippen molar-refractivity contribution in [3.63, 3.8) is 0 Å². The maximum atomic E-state index is 11.5. The first-order chi connectivity index (χ1) is 6.02. The van der Waals surface area contributed by atoms with Gasteiger partial charge in [-0.15, -0.1) is 0 Å². The Morgan fingerprint density at radius 1 is 1.54 bits per heavy atom. The van der Waals surface area contributed by atoms with Crippen molar-refractivity contribution < 1.29 is 4.79 Å². The maximum Gasteiger partial charge on any atom is 0.181 e. The normalized spacial score (nSPS) is 12.5. The number of anilines is 1. The van der Waals surface area contributed by atoms with E-state index in [4.69, 9.17) is 11.5 Å². The molecule has 3 nitrogen and oxygen atoms in total. The zero-order valence-electron chi connectivity index (χ0n) is 7.25. The Kier molecular flexibility index (Phi) is 3.06. The Morgan fingerprint density at radius 2 is 2.15 bits per heavy atom. The Balaban J connectivity index is 3.09. The largest absolute Gasteiger partial charge is 0.398 e. The molecule has 4 N–H and O–H groups in total. The summed E-state index contributed by atoms with van der Waals surface area (Å²) >= 11 is 3.26. The fourth-order valence-electron chi connectivity index (χ4n) is 1.00. The van der Waals surface area contributed by atoms with Gasteiger partial charge in [-0.2, -0.15) is 0 Å². The smallest absolute Gasteiger partial charge is 0.181 e. The first-order valence-electron chi connectivity index (χ1n) is 3.87. The van der Waals surface area contributed by atoms with Crippen LogP contribution >= 0.6 is 15.9 Å². The summed E-state index contributed by atoms with van der Waals surface area (Å²) in [6.45, 7) is 1.64. The molecule has 0 aliphatic carbocycles. The van der Waals surface area contributed by atoms with Crippen LogP contribution in [-0.2, 0) is 0 Å². The standard InChI is InChI=1S/C9H11BrN2O/c1-5(11)9(13)7-3-2-6(10)4-8(7)12/h2-5H,11-12H2,1H3. The monoisotopic (exact) mass is 242 g/mol. The van der Waals surface area contributed by atoms with Gasteiger partial charge in [0.25, 0.3) is 0 Å². The molecule has 1 atom stereocenters. The molecule has 0 aliphatic rings. The number of carbonyl (C=O) groups excluding carboxylic acids is 1. The predicted molar refractivity (Wildman–Crippen MR) is 56.5 cm³/mol. The molecule has 1 aromatic rings. The number of halogens is 1. The van der Waals surface area contributed by atoms with Crippen LogP contribution in [-0.4, -0.2) is 11.8 Å². The van der Waals surface area contributed by atoms with Crippen LogP contribution in [0.4, 0.5) is 5.69 Å². The Hall–Kier alpha value is -0.870. The molecule has 13 heavy (non-hydrogen) atoms. The molecule has 0 fully saturated rings. The molecule has 0 spiro atoms. The summed E-state index contributed by atoms with van der Waals surface area (Å²) in [6.07, 6.45) is 0. The summed E-state index contributed by atoms with van der Waals surface area (Å²) in [4.78, 5) is 11.5. The number of hydrogen-bond donors (Lipinski definition) is 2. The lowest BCUT2D eigenvalue weighted by Crippen LogP contribution is -2.27. The molecule has 0 bridgehead atoms. The lowest BCUT2D eigenvalue weighted by atomic mass is 10.0. The van der Waals surface area contributed by atoms with Crippen LogP contribution in [0.15, 0.2) is 22.7 Å². The first kappa shape index (κ1) is 10.2. The average molecular weight is 243 g/mol. The third-order valence-corrected chi connectivity index (χ3v) is 2.19. The highest BCUT2D eigenvalue weighted by Crippen LogP contribution is 2.19. The van der Waals surface area contributed by atoms with Crippen molar-refractivity contribution in [2.45, 2.75) is 13.0 Å². The number of carbonyl (C=O) groups is 1. The quantitative estimate of drug-likeness (QED) is 0.611. The molecule has 1 aromatic carbocycles. The van der Waals surface area contributed by atoms with Crippen molar-refractivity contribution in [2.75, 3.05) is 5.73 Å². The van der Waals surface area contributed by atoms with E-state index >= 15 is 0 Å². The van der Waals surface area contributed by atoms with E-state index in [1.54, 1.807) is 25.1 Å². The number of hydrogen-bond acceptors (Lipinski definition) is 3. The number of nitrogens with two attached hydrogens (primary N) is 2. The Morgan fingerprint density at radius 3 is 2.62 bits per heavy atom. The zero-order valence-corrected chi connectivity index (χ0v) is 8.84. The minimum Gasteiger partial charge on any atom is -0.398 e. The number of nitrogen functional groups attached to an aromatic ring is 1. The molecule has 0 aliphatic heterocycles. The summed E-state index contributed by atoms with van der Waals surface area (Å²) in [5.41, 5.74) is 12.1. The minimum atomic E-state index is -0.511. The molecule has 70 valence electrons. The summed E-state index contributed by atoms with van der Waals surface area (Å²) < 4.78 is 0.853. The highest BCUT2D eigenvalue weighted by atomic mass is 79.9. The molecule has 0 saturated carbocycles. The van der Waals surface area contributed by atoms with Crippen molar-refractivity contribution in [1.82, 2.24) is 0 Å². The second-order valence-corrected chi connectivity index (χ2v) is 3.80. The highest BCUT2D eigenvalue weighted by Gasteiger charge is 2.13. The molecule has 1 unspecified atom stereocenters. The molecular weight excluding hydrogens is 232 g/mol. The maximum absolute atomic E-state index is 11.5. The van der Waals surface area contributed by atoms with Gasteiger partial charge in [0.2, 0.25) is 0 Å². The van der Waals surface area contributed by atoms with Gasteiger partial charge in [0.05, 0.1) is 6.04 Å². The lowest BCUT2D eigenvalue weighted by molar-refractivity contribution is 0.0969. The second kappa shape index (κ2) is 3.89. The van der Waals surface area contributed by atoms with Crippen LogP contribution < -0.4 is 11.5 Å². The van der Waals surface area contributed by atoms with E-state index in [0.29, 0.717) is 11.3 Å². The van der Waals surface area contributed by atoms with E-state index < -0.39 is 6.04 Å². The molecule has 1 rings (SSSR count). The molecular formula is C9H11BrN2O. The predicted octanol–water partition coefficient (Wildman–Crippen LogP) is 1.56. The molecule has 0 heterocycles. The summed E-state index contributed by atoms with van der Waals surface area (Å²) in [6, 6.07) is 4.62. The Bertz CT molecular complexity index is 336. The van der Waals surface area contributed by atoms with E-state index in [0.717, 1.165) is 4.47 Å². The van der Waals surface area contributed by atoms with E-state index in [1.165, 1.54) is 0 Å². The van der Waals surface area contributed by atoms with Crippen LogP contribution in [0.25, 0.3) is 0 Å². The number of rotatable bonds is 2. The van der Waals surface area contributed by atoms with Gasteiger partial charge in [0.15, 0.2) is 5.78 Å². The van der Waals surface area contributed by atoms with Gasteiger partial charge < -0.3 is 11.5 Å². The molecule has 0 aromatic heterocycles. The van der Waals surface area contributed by atoms with Crippen LogP contribution in [0.3, 0.4) is 0 Å². The molecule has 4 heteroatoms. The third-order valence-electron chi connectivity index (χ3n) is 1.69. The van der Waals surface area contributed by atoms with Crippen molar-refractivity contribution in [3.05, 3.63) is 28.2 Å². The highest BCUT2D eigenvalue weighted by molar-refractivity contribution is 9.10. The number of benzene rings is 1. The SMILES string of the molecule is CC(N)C(=O)c1ccc(Br)cc1N. The minimum absolute atomic E-state index is 0.134. The molecule has 0 radical (unpaired) electrons. The van der Waals surface area contributed by atoms with E-state index in [1.807, 2.05) is 0 Å². The van der Waals surface area contributed by atoms with Gasteiger partial charge in [-0.25, -0.2) is 0 Å². The van der Waals surface area contributed by atoms with Gasteiger partial charge in [-0.05, 0) is 25.1 Å². The van der Waals surface area contributed by atoms with Crippen LogP contribution in [0.5, 0.6) is 0 Å². The van der Waals surface area contributed by atoms with Gasteiger partial charge in [-0.3, -0.25) is 4.79 Å². The van der Waals surface area contributed by atoms with E-state index in [9.17, 15) is 4.79 Å². The molecule has 0 amide bonds. The zero-order chi connectivity index (χ0) is 10.0. The van der Waals surface area contributed by atoms with Crippen molar-refractivity contribution in [3.8, 4) is 0 Å². The van der Waals surface area contributed by atoms with Gasteiger partial charge in [-0.1, -0.05) is 15.9 Å². The first-order valence-corrected chi connectivity index (χ1v) is 4.66. The summed E-state index contributed by atoms with van der Waals surface area (Å²) in [5, 5.41) is 0. The molecule has 0 saturated heterocycles. The van der Waals surface area contributed by atoms with Gasteiger partial charge in [0.1, 0.15) is 0 Å². The Labute approximate surface area is 85.2 Å². The topological polar surface area (TPSA) is 69.1 Å². The van der Waals surface area contributed by atoms with Gasteiger partial charge in [0, 0.05) is 15.7 Å². The summed E-state index contributed by atoms with van der Waals surface area (Å²) in [7, 11) is 0. The lowest BCUT2D eigenvalue weighted by Gasteiger charge is -2.07. The van der Waals surface area contributed by atoms with Crippen LogP contribution in [0, 0.1) is 0 Å². The fourth-order valence-corrected chi connectivity index (χ4v) is 1.38. The van der Waals surface area contributed by atoms with Gasteiger partial charge >= 0.3 is 0 Å². The van der Waals surface area contributed by atoms with Crippen LogP contribution in [0.1, 0.15) is 17.3 Å². The van der Waals surface area contributed by atoms with Crippen LogP contribution in [0.2, 0.25) is 0 Å². The fraction of sp³-hybridized carbons (Fsp3) is 0.222. The van der Waals surface area contributed by atoms with Crippen molar-refractivity contribution in [1.29, 1.82) is 0 Å². The number of Topliss-reactive ketones (excluding diaryl/α,β-unsaturated/α-hetero) is 1. The summed E-state index contributed by atoms with van der Waals surface area (Å²) in [5.74, 6) is -0.134. The van der Waals surface area contributed by atoms with Crippen molar-refractivity contribution in [2.24, 2.45) is 5.73 Å².